The number of benzene rings is 3. The van der Waals surface area contributed by atoms with Gasteiger partial charge in [-0.3, -0.25) is 24.0 Å². The summed E-state index contributed by atoms with van der Waals surface area (Å²) in [5, 5.41) is 10.5. The summed E-state index contributed by atoms with van der Waals surface area (Å²) in [5.41, 5.74) is 0.471. The van der Waals surface area contributed by atoms with E-state index in [-0.39, 0.29) is 61.3 Å². The Morgan fingerprint density at radius 3 is 2.04 bits per heavy atom. The van der Waals surface area contributed by atoms with Crippen molar-refractivity contribution in [3.8, 4) is 17.1 Å². The second kappa shape index (κ2) is 30.4. The maximum atomic E-state index is 13.8. The Balaban J connectivity index is 1.48. The number of ether oxygens (including phenoxy) is 4. The predicted molar refractivity (Wildman–Crippen MR) is 263 cm³/mol. The maximum absolute atomic E-state index is 13.8. The van der Waals surface area contributed by atoms with Crippen molar-refractivity contribution in [3.05, 3.63) is 89.7 Å². The van der Waals surface area contributed by atoms with Crippen molar-refractivity contribution in [2.45, 2.75) is 124 Å². The molecular weight excluding hydrogens is 917 g/mol. The Kier molecular flexibility index (Phi) is 24.1. The van der Waals surface area contributed by atoms with Gasteiger partial charge < -0.3 is 44.2 Å². The van der Waals surface area contributed by atoms with Crippen LogP contribution in [0.3, 0.4) is 0 Å². The molecule has 0 fully saturated rings. The average Bonchev–Trinajstić information content (AvgIpc) is 3.88. The third kappa shape index (κ3) is 17.9. The topological polar surface area (TPSA) is 235 Å². The van der Waals surface area contributed by atoms with E-state index in [9.17, 15) is 38.4 Å². The van der Waals surface area contributed by atoms with Crippen LogP contribution >= 0.6 is 0 Å². The molecule has 0 aliphatic heterocycles. The number of carbonyl (C=O) groups is 8. The smallest absolute Gasteiger partial charge is 0.363 e. The summed E-state index contributed by atoms with van der Waals surface area (Å²) < 4.78 is 27.5. The molecular formula is C53H68N4O14. The first kappa shape index (κ1) is 56.3. The zero-order valence-corrected chi connectivity index (χ0v) is 41.4. The molecule has 0 saturated carbocycles. The molecule has 0 spiro atoms. The first-order valence-corrected chi connectivity index (χ1v) is 24.5. The molecule has 0 unspecified atom stereocenters. The summed E-state index contributed by atoms with van der Waals surface area (Å²) in [7, 11) is 0. The van der Waals surface area contributed by atoms with Crippen LogP contribution in [-0.4, -0.2) is 98.3 Å². The lowest BCUT2D eigenvalue weighted by molar-refractivity contribution is -0.171. The number of nitrogens with zero attached hydrogens (tertiary/aromatic N) is 1. The fourth-order valence-corrected chi connectivity index (χ4v) is 7.33. The molecule has 0 saturated heterocycles. The van der Waals surface area contributed by atoms with E-state index in [1.54, 1.807) is 25.1 Å². The van der Waals surface area contributed by atoms with Crippen LogP contribution in [0.25, 0.3) is 22.1 Å². The lowest BCUT2D eigenvalue weighted by Gasteiger charge is -2.31. The second-order valence-corrected chi connectivity index (χ2v) is 16.8. The normalized spacial score (nSPS) is 12.1. The Bertz CT molecular complexity index is 2400. The minimum absolute atomic E-state index is 0.0854. The van der Waals surface area contributed by atoms with Gasteiger partial charge >= 0.3 is 23.9 Å². The fourth-order valence-electron chi connectivity index (χ4n) is 7.33. The van der Waals surface area contributed by atoms with Crippen LogP contribution in [0.2, 0.25) is 0 Å². The number of furan rings is 1. The molecule has 3 aromatic carbocycles. The highest BCUT2D eigenvalue weighted by atomic mass is 16.7. The maximum Gasteiger partial charge on any atom is 0.363 e. The van der Waals surface area contributed by atoms with E-state index in [4.69, 9.17) is 28.2 Å². The van der Waals surface area contributed by atoms with Crippen LogP contribution in [0.15, 0.2) is 77.2 Å². The monoisotopic (exact) mass is 984 g/mol. The van der Waals surface area contributed by atoms with E-state index in [0.717, 1.165) is 47.9 Å². The number of rotatable bonds is 32. The van der Waals surface area contributed by atoms with Crippen molar-refractivity contribution in [1.29, 1.82) is 0 Å². The number of carbonyl (C=O) groups excluding carboxylic acids is 8. The second-order valence-electron chi connectivity index (χ2n) is 16.8. The molecule has 0 bridgehead atoms. The molecule has 3 atom stereocenters. The lowest BCUT2D eigenvalue weighted by Crippen LogP contribution is -2.49. The number of amides is 4. The number of nitrogens with one attached hydrogen (secondary N) is 3. The third-order valence-electron chi connectivity index (χ3n) is 11.4. The Hall–Kier alpha value is -7.24. The van der Waals surface area contributed by atoms with E-state index in [2.05, 4.69) is 16.0 Å². The van der Waals surface area contributed by atoms with Gasteiger partial charge in [0, 0.05) is 5.56 Å². The minimum Gasteiger partial charge on any atom is -0.481 e. The first-order chi connectivity index (χ1) is 34.4. The van der Waals surface area contributed by atoms with Crippen molar-refractivity contribution >= 4 is 58.8 Å². The van der Waals surface area contributed by atoms with Gasteiger partial charge in [-0.1, -0.05) is 110 Å². The zero-order valence-electron chi connectivity index (χ0n) is 41.4. The highest BCUT2D eigenvalue weighted by Crippen LogP contribution is 2.30. The van der Waals surface area contributed by atoms with Crippen LogP contribution in [0.1, 0.15) is 143 Å². The number of fused-ring (bicyclic) bond motifs is 1. The van der Waals surface area contributed by atoms with Gasteiger partial charge in [-0.2, -0.15) is 5.06 Å². The number of unbranched alkanes of at least 4 members (excludes halogenated alkanes) is 5. The van der Waals surface area contributed by atoms with Crippen molar-refractivity contribution in [2.75, 3.05) is 33.1 Å². The van der Waals surface area contributed by atoms with Gasteiger partial charge in [0.25, 0.3) is 11.8 Å². The summed E-state index contributed by atoms with van der Waals surface area (Å²) in [6.07, 6.45) is 7.06. The van der Waals surface area contributed by atoms with Gasteiger partial charge in [0.1, 0.15) is 17.6 Å². The summed E-state index contributed by atoms with van der Waals surface area (Å²) in [6, 6.07) is 17.5. The highest BCUT2D eigenvalue weighted by Gasteiger charge is 2.34. The van der Waals surface area contributed by atoms with Crippen molar-refractivity contribution in [2.24, 2.45) is 5.92 Å². The van der Waals surface area contributed by atoms with E-state index < -0.39 is 72.6 Å². The average molecular weight is 985 g/mol. The lowest BCUT2D eigenvalue weighted by atomic mass is 9.90. The highest BCUT2D eigenvalue weighted by molar-refractivity contribution is 6.00. The zero-order chi connectivity index (χ0) is 51.5. The van der Waals surface area contributed by atoms with E-state index in [0.29, 0.717) is 44.1 Å². The summed E-state index contributed by atoms with van der Waals surface area (Å²) in [5.74, 6) is -5.80. The SMILES string of the molecule is CCCCC[C@@H](C(=O)NCNC(=O)c1ccc(-c2ccc(C(=O)N[C@@H](CC(=O)OCCCC)C(=O)OCCCC)c(OCC(=O)OCCCC)c2)o1)[C@@H](CC)N(C=O)OC(=O)c1ccc2ccccc2c1. The van der Waals surface area contributed by atoms with Crippen LogP contribution in [0, 0.1) is 5.92 Å². The molecule has 0 radical (unpaired) electrons. The molecule has 18 nitrogen and oxygen atoms in total. The third-order valence-corrected chi connectivity index (χ3v) is 11.4. The molecule has 384 valence electrons. The summed E-state index contributed by atoms with van der Waals surface area (Å²) >= 11 is 0. The molecule has 0 aliphatic rings. The van der Waals surface area contributed by atoms with Crippen LogP contribution < -0.4 is 20.7 Å². The van der Waals surface area contributed by atoms with Crippen molar-refractivity contribution in [3.63, 3.8) is 0 Å². The first-order valence-electron chi connectivity index (χ1n) is 24.5. The molecule has 71 heavy (non-hydrogen) atoms. The molecule has 1 aromatic heterocycles. The summed E-state index contributed by atoms with van der Waals surface area (Å²) in [6.45, 7) is 9.11. The number of hydrogen-bond acceptors (Lipinski definition) is 14. The Labute approximate surface area is 414 Å². The largest absolute Gasteiger partial charge is 0.481 e. The van der Waals surface area contributed by atoms with E-state index in [1.807, 2.05) is 52.0 Å². The Morgan fingerprint density at radius 1 is 0.690 bits per heavy atom. The molecule has 3 N–H and O–H groups in total. The van der Waals surface area contributed by atoms with Crippen LogP contribution in [-0.2, 0) is 43.0 Å². The van der Waals surface area contributed by atoms with Gasteiger partial charge in [-0.15, -0.1) is 0 Å². The van der Waals surface area contributed by atoms with Crippen LogP contribution in [0.4, 0.5) is 0 Å². The van der Waals surface area contributed by atoms with Gasteiger partial charge in [-0.05, 0) is 79.3 Å². The van der Waals surface area contributed by atoms with Gasteiger partial charge in [0.2, 0.25) is 12.3 Å². The van der Waals surface area contributed by atoms with E-state index in [1.165, 1.54) is 30.3 Å². The van der Waals surface area contributed by atoms with Gasteiger partial charge in [0.15, 0.2) is 12.4 Å². The molecule has 18 heteroatoms. The molecule has 4 amide bonds. The van der Waals surface area contributed by atoms with Crippen molar-refractivity contribution in [1.82, 2.24) is 21.0 Å². The van der Waals surface area contributed by atoms with Crippen molar-refractivity contribution < 1.29 is 66.6 Å². The molecule has 0 aliphatic carbocycles. The standard InChI is InChI=1S/C53H68N4O14/c1-6-11-15-20-40(43(10-5)57(35-58)71-52(64)39-22-21-36-18-16-17-19-37(36)30-39)49(61)54-34-55-51(63)45-26-25-44(70-45)38-23-24-41(46(31-38)69-33-48(60)67-28-13-8-3)50(62)56-42(53(65)68-29-14-9-4)32-47(59)66-27-12-7-2/h16-19,21-26,30-31,35,40,42-43H,6-15,20,27-29,32-34H2,1-5H3,(H,54,61)(H,55,63)(H,56,62)/t40-,42+,43-/m1/s1. The fraction of sp³-hybridized carbons (Fsp3) is 0.472. The number of esters is 3. The van der Waals surface area contributed by atoms with Crippen LogP contribution in [0.5, 0.6) is 5.75 Å². The summed E-state index contributed by atoms with van der Waals surface area (Å²) in [4.78, 5) is 111. The molecule has 4 rings (SSSR count). The van der Waals surface area contributed by atoms with E-state index >= 15 is 0 Å². The quantitative estimate of drug-likeness (QED) is 0.0105. The van der Waals surface area contributed by atoms with Gasteiger partial charge in [0.05, 0.1) is 56.0 Å². The molecule has 4 aromatic rings. The predicted octanol–water partition coefficient (Wildman–Crippen LogP) is 8.01. The van der Waals surface area contributed by atoms with Gasteiger partial charge in [-0.25, -0.2) is 14.4 Å². The Morgan fingerprint density at radius 2 is 1.37 bits per heavy atom. The minimum atomic E-state index is -1.40. The number of hydroxylamine groups is 2. The molecule has 1 heterocycles. The number of hydrogen-bond donors (Lipinski definition) is 3.